The predicted octanol–water partition coefficient (Wildman–Crippen LogP) is 2.37. The number of carbonyl (C=O) groups excluding carboxylic acids is 3. The Labute approximate surface area is 261 Å². The summed E-state index contributed by atoms with van der Waals surface area (Å²) in [6, 6.07) is 7.13. The van der Waals surface area contributed by atoms with Crippen LogP contribution in [0.3, 0.4) is 0 Å². The molecule has 2 amide bonds. The number of methoxy groups -OCH3 is 3. The lowest BCUT2D eigenvalue weighted by atomic mass is 9.95. The van der Waals surface area contributed by atoms with E-state index in [1.165, 1.54) is 27.5 Å². The molecule has 4 N–H and O–H groups in total. The number of halogens is 1. The first-order valence-electron chi connectivity index (χ1n) is 12.9. The Kier molecular flexibility index (Phi) is 12.2. The lowest BCUT2D eigenvalue weighted by Gasteiger charge is -2.28. The fourth-order valence-electron chi connectivity index (χ4n) is 3.96. The molecule has 1 aliphatic rings. The van der Waals surface area contributed by atoms with Crippen LogP contribution in [0.15, 0.2) is 46.7 Å². The molecule has 1 aliphatic heterocycles. The Balaban J connectivity index is 1.67. The van der Waals surface area contributed by atoms with Gasteiger partial charge >= 0.3 is 18.0 Å². The molecule has 0 saturated heterocycles. The summed E-state index contributed by atoms with van der Waals surface area (Å²) >= 11 is 2.04. The second-order valence-electron chi connectivity index (χ2n) is 8.81. The van der Waals surface area contributed by atoms with Gasteiger partial charge in [0.15, 0.2) is 35.8 Å². The van der Waals surface area contributed by atoms with Crippen LogP contribution in [0.1, 0.15) is 31.0 Å². The Morgan fingerprint density at radius 1 is 1.09 bits per heavy atom. The molecule has 2 aromatic rings. The number of aliphatic hydroxyl groups is 1. The van der Waals surface area contributed by atoms with Gasteiger partial charge in [-0.05, 0) is 71.8 Å². The third-order valence-corrected chi connectivity index (χ3v) is 6.72. The first kappa shape index (κ1) is 33.3. The van der Waals surface area contributed by atoms with Crippen LogP contribution in [0.25, 0.3) is 0 Å². The molecule has 14 nitrogen and oxygen atoms in total. The molecular formula is C28H33IN4O10. The van der Waals surface area contributed by atoms with E-state index in [-0.39, 0.29) is 18.8 Å². The molecule has 0 spiro atoms. The average Bonchev–Trinajstić information content (AvgIpc) is 2.98. The first-order valence-corrected chi connectivity index (χ1v) is 14.0. The number of carbonyl (C=O) groups is 3. The number of nitrogens with zero attached hydrogens (tertiary/aromatic N) is 1. The first-order chi connectivity index (χ1) is 20.6. The Hall–Kier alpha value is -4.25. The van der Waals surface area contributed by atoms with Crippen molar-refractivity contribution in [2.45, 2.75) is 26.1 Å². The zero-order valence-corrected chi connectivity index (χ0v) is 26.3. The van der Waals surface area contributed by atoms with Gasteiger partial charge in [-0.1, -0.05) is 6.07 Å². The number of amides is 2. The smallest absolute Gasteiger partial charge is 0.343 e. The zero-order valence-electron chi connectivity index (χ0n) is 24.2. The van der Waals surface area contributed by atoms with E-state index in [4.69, 9.17) is 23.7 Å². The lowest BCUT2D eigenvalue weighted by molar-refractivity contribution is -0.143. The normalized spacial score (nSPS) is 15.2. The fraction of sp³-hybridized carbons (Fsp3) is 0.357. The van der Waals surface area contributed by atoms with E-state index in [1.807, 2.05) is 22.6 Å². The van der Waals surface area contributed by atoms with E-state index in [0.29, 0.717) is 50.0 Å². The van der Waals surface area contributed by atoms with Crippen molar-refractivity contribution in [1.29, 1.82) is 0 Å². The van der Waals surface area contributed by atoms with Gasteiger partial charge in [-0.15, -0.1) is 0 Å². The van der Waals surface area contributed by atoms with Crippen LogP contribution in [0.2, 0.25) is 0 Å². The van der Waals surface area contributed by atoms with Crippen molar-refractivity contribution in [3.8, 4) is 23.0 Å². The van der Waals surface area contributed by atoms with Crippen molar-refractivity contribution in [3.05, 3.63) is 56.3 Å². The molecule has 2 aromatic carbocycles. The number of nitrogens with one attached hydrogen (secondary N) is 3. The lowest BCUT2D eigenvalue weighted by Crippen LogP contribution is -2.45. The van der Waals surface area contributed by atoms with Crippen LogP contribution in [-0.2, 0) is 19.1 Å². The number of allylic oxidation sites excluding steroid dienone is 1. The minimum atomic E-state index is -1.19. The van der Waals surface area contributed by atoms with Gasteiger partial charge in [0.1, 0.15) is 6.61 Å². The number of benzene rings is 2. The van der Waals surface area contributed by atoms with Crippen molar-refractivity contribution in [2.24, 2.45) is 5.10 Å². The Morgan fingerprint density at radius 2 is 1.86 bits per heavy atom. The number of rotatable bonds is 14. The van der Waals surface area contributed by atoms with Crippen LogP contribution in [-0.4, -0.2) is 76.7 Å². The summed E-state index contributed by atoms with van der Waals surface area (Å²) in [5, 5.41) is 19.8. The molecule has 0 bridgehead atoms. The fourth-order valence-corrected chi connectivity index (χ4v) is 4.75. The molecule has 43 heavy (non-hydrogen) atoms. The molecule has 0 aromatic heterocycles. The highest BCUT2D eigenvalue weighted by molar-refractivity contribution is 14.1. The molecule has 0 aliphatic carbocycles. The Morgan fingerprint density at radius 3 is 2.53 bits per heavy atom. The second-order valence-corrected chi connectivity index (χ2v) is 9.98. The van der Waals surface area contributed by atoms with Gasteiger partial charge in [0, 0.05) is 5.70 Å². The summed E-state index contributed by atoms with van der Waals surface area (Å²) in [6.07, 6.45) is 0.286. The minimum absolute atomic E-state index is 0.186. The highest BCUT2D eigenvalue weighted by Crippen LogP contribution is 2.35. The maximum Gasteiger partial charge on any atom is 0.343 e. The summed E-state index contributed by atoms with van der Waals surface area (Å²) in [7, 11) is 4.01. The summed E-state index contributed by atoms with van der Waals surface area (Å²) in [4.78, 5) is 36.0. The highest BCUT2D eigenvalue weighted by Gasteiger charge is 2.32. The van der Waals surface area contributed by atoms with Gasteiger partial charge in [-0.3, -0.25) is 5.43 Å². The topological polar surface area (TPSA) is 175 Å². The molecular weight excluding hydrogens is 679 g/mol. The van der Waals surface area contributed by atoms with Crippen LogP contribution < -0.4 is 35.0 Å². The quantitative estimate of drug-likeness (QED) is 0.0745. The number of hydrazone groups is 1. The van der Waals surface area contributed by atoms with Gasteiger partial charge in [0.25, 0.3) is 0 Å². The van der Waals surface area contributed by atoms with Crippen molar-refractivity contribution in [2.75, 3.05) is 41.2 Å². The van der Waals surface area contributed by atoms with Crippen LogP contribution >= 0.6 is 22.6 Å². The van der Waals surface area contributed by atoms with Crippen molar-refractivity contribution in [1.82, 2.24) is 16.1 Å². The van der Waals surface area contributed by atoms with E-state index >= 15 is 0 Å². The van der Waals surface area contributed by atoms with Crippen LogP contribution in [0, 0.1) is 3.57 Å². The molecule has 3 rings (SSSR count). The van der Waals surface area contributed by atoms with Crippen LogP contribution in [0.5, 0.6) is 23.0 Å². The van der Waals surface area contributed by atoms with Crippen molar-refractivity contribution >= 4 is 46.8 Å². The maximum absolute atomic E-state index is 12.4. The van der Waals surface area contributed by atoms with Crippen LogP contribution in [0.4, 0.5) is 4.79 Å². The summed E-state index contributed by atoms with van der Waals surface area (Å²) in [5.41, 5.74) is 4.43. The summed E-state index contributed by atoms with van der Waals surface area (Å²) < 4.78 is 32.5. The van der Waals surface area contributed by atoms with Gasteiger partial charge in [0.05, 0.1) is 49.3 Å². The molecule has 15 heteroatoms. The van der Waals surface area contributed by atoms with E-state index in [9.17, 15) is 19.5 Å². The van der Waals surface area contributed by atoms with Gasteiger partial charge in [0.2, 0.25) is 0 Å². The van der Waals surface area contributed by atoms with E-state index in [2.05, 4.69) is 25.9 Å². The Bertz CT molecular complexity index is 1400. The SMILES string of the molecule is CCOc1cc([C@H]2NC(=O)NC(C)=C2C(=O)OC)ccc1OC[C@H](O)N/N=C\c1cc(I)c(OCC(=O)OC)c(OC)c1. The second kappa shape index (κ2) is 15.8. The number of urea groups is 1. The predicted molar refractivity (Wildman–Crippen MR) is 162 cm³/mol. The molecule has 1 heterocycles. The largest absolute Gasteiger partial charge is 0.493 e. The van der Waals surface area contributed by atoms with Crippen molar-refractivity contribution in [3.63, 3.8) is 0 Å². The number of hydrogen-bond acceptors (Lipinski definition) is 12. The molecule has 232 valence electrons. The van der Waals surface area contributed by atoms with Gasteiger partial charge in [-0.2, -0.15) is 5.10 Å². The number of esters is 2. The monoisotopic (exact) mass is 712 g/mol. The van der Waals surface area contributed by atoms with E-state index < -0.39 is 30.2 Å². The number of hydrogen-bond donors (Lipinski definition) is 4. The standard InChI is InChI=1S/C28H33IN4O10/c1-6-41-20-11-17(25-24(27(36)40-5)15(2)31-28(37)32-25)7-8-19(20)42-13-22(34)33-30-12-16-9-18(29)26(21(10-16)38-3)43-14-23(35)39-4/h7-12,22,25,33-34H,6,13-14H2,1-5H3,(H2,31,32,37)/b30-12-/t22-,25+/m0/s1. The van der Waals surface area contributed by atoms with Crippen molar-refractivity contribution < 1.29 is 47.9 Å². The molecule has 0 unspecified atom stereocenters. The summed E-state index contributed by atoms with van der Waals surface area (Å²) in [6.45, 7) is 3.28. The van der Waals surface area contributed by atoms with E-state index in [0.717, 1.165) is 0 Å². The number of ether oxygens (including phenoxy) is 6. The average molecular weight is 712 g/mol. The van der Waals surface area contributed by atoms with Gasteiger partial charge in [-0.25, -0.2) is 14.4 Å². The molecule has 0 fully saturated rings. The summed E-state index contributed by atoms with van der Waals surface area (Å²) in [5.74, 6) is 0.349. The third kappa shape index (κ3) is 8.87. The van der Waals surface area contributed by atoms with Gasteiger partial charge < -0.3 is 44.2 Å². The number of aliphatic hydroxyl groups excluding tert-OH is 1. The minimum Gasteiger partial charge on any atom is -0.493 e. The maximum atomic E-state index is 12.4. The third-order valence-electron chi connectivity index (χ3n) is 5.92. The zero-order chi connectivity index (χ0) is 31.5. The molecule has 0 radical (unpaired) electrons. The molecule has 2 atom stereocenters. The van der Waals surface area contributed by atoms with E-state index in [1.54, 1.807) is 44.2 Å². The molecule has 0 saturated carbocycles. The highest BCUT2D eigenvalue weighted by atomic mass is 127.